The van der Waals surface area contributed by atoms with Gasteiger partial charge in [0.25, 0.3) is 11.7 Å². The summed E-state index contributed by atoms with van der Waals surface area (Å²) in [4.78, 5) is 31.3. The van der Waals surface area contributed by atoms with Gasteiger partial charge in [-0.25, -0.2) is 19.5 Å². The molecule has 140 valence electrons. The number of piperidine rings is 1. The summed E-state index contributed by atoms with van der Waals surface area (Å²) in [5.74, 6) is 0.331. The van der Waals surface area contributed by atoms with Crippen molar-refractivity contribution >= 4 is 23.3 Å². The van der Waals surface area contributed by atoms with Gasteiger partial charge in [-0.2, -0.15) is 4.98 Å². The van der Waals surface area contributed by atoms with Crippen molar-refractivity contribution in [2.24, 2.45) is 0 Å². The summed E-state index contributed by atoms with van der Waals surface area (Å²) in [5, 5.41) is 4.76. The molecule has 3 aromatic rings. The average Bonchev–Trinajstić information content (AvgIpc) is 3.07. The predicted molar refractivity (Wildman–Crippen MR) is 96.9 cm³/mol. The Hall–Kier alpha value is -2.81. The molecule has 0 unspecified atom stereocenters. The fraction of sp³-hybridized carbons (Fsp3) is 0.412. The van der Waals surface area contributed by atoms with Gasteiger partial charge in [0.1, 0.15) is 6.10 Å². The zero-order chi connectivity index (χ0) is 19.0. The quantitative estimate of drug-likeness (QED) is 0.676. The molecule has 0 spiro atoms. The molecule has 1 aliphatic heterocycles. The van der Waals surface area contributed by atoms with Crippen LogP contribution in [0.15, 0.2) is 18.5 Å². The lowest BCUT2D eigenvalue weighted by Crippen LogP contribution is -2.44. The summed E-state index contributed by atoms with van der Waals surface area (Å²) in [7, 11) is 0. The Morgan fingerprint density at radius 1 is 1.26 bits per heavy atom. The molecule has 1 aliphatic rings. The molecule has 9 nitrogen and oxygen atoms in total. The number of hydrogen-bond acceptors (Lipinski definition) is 7. The SMILES string of the molecule is Cc1cc(C)n2nc(C(=O)N3CCC[C@H](Oc4ncc(Cl)cn4)C3)nc2n1. The fourth-order valence-electron chi connectivity index (χ4n) is 3.13. The van der Waals surface area contributed by atoms with Crippen LogP contribution in [0.2, 0.25) is 5.02 Å². The Kier molecular flexibility index (Phi) is 4.61. The highest BCUT2D eigenvalue weighted by Crippen LogP contribution is 2.18. The minimum Gasteiger partial charge on any atom is -0.458 e. The van der Waals surface area contributed by atoms with Gasteiger partial charge in [0.2, 0.25) is 5.82 Å². The van der Waals surface area contributed by atoms with Crippen LogP contribution in [0, 0.1) is 13.8 Å². The first-order valence-corrected chi connectivity index (χ1v) is 9.02. The number of carbonyl (C=O) groups excluding carboxylic acids is 1. The van der Waals surface area contributed by atoms with Crippen molar-refractivity contribution in [3.05, 3.63) is 40.7 Å². The molecule has 0 radical (unpaired) electrons. The van der Waals surface area contributed by atoms with Crippen molar-refractivity contribution in [2.75, 3.05) is 13.1 Å². The van der Waals surface area contributed by atoms with Crippen LogP contribution in [0.3, 0.4) is 0 Å². The number of fused-ring (bicyclic) bond motifs is 1. The van der Waals surface area contributed by atoms with Gasteiger partial charge in [-0.15, -0.1) is 5.10 Å². The molecular weight excluding hydrogens is 370 g/mol. The summed E-state index contributed by atoms with van der Waals surface area (Å²) in [5.41, 5.74) is 1.71. The van der Waals surface area contributed by atoms with E-state index in [9.17, 15) is 4.79 Å². The third-order valence-electron chi connectivity index (χ3n) is 4.34. The molecule has 1 atom stereocenters. The van der Waals surface area contributed by atoms with Crippen LogP contribution < -0.4 is 4.74 Å². The number of aromatic nitrogens is 6. The zero-order valence-electron chi connectivity index (χ0n) is 15.0. The van der Waals surface area contributed by atoms with Crippen LogP contribution in [0.5, 0.6) is 6.01 Å². The van der Waals surface area contributed by atoms with Gasteiger partial charge in [0.15, 0.2) is 0 Å². The number of amides is 1. The van der Waals surface area contributed by atoms with E-state index in [1.165, 1.54) is 12.4 Å². The Labute approximate surface area is 160 Å². The average molecular weight is 388 g/mol. The maximum Gasteiger partial charge on any atom is 0.316 e. The summed E-state index contributed by atoms with van der Waals surface area (Å²) in [6.07, 6.45) is 4.39. The third-order valence-corrected chi connectivity index (χ3v) is 4.54. The van der Waals surface area contributed by atoms with Crippen LogP contribution in [0.25, 0.3) is 5.78 Å². The van der Waals surface area contributed by atoms with Crippen molar-refractivity contribution in [1.82, 2.24) is 34.4 Å². The van der Waals surface area contributed by atoms with Crippen molar-refractivity contribution in [2.45, 2.75) is 32.8 Å². The Bertz CT molecular complexity index is 989. The Morgan fingerprint density at radius 2 is 2.04 bits per heavy atom. The Balaban J connectivity index is 1.50. The van der Waals surface area contributed by atoms with E-state index < -0.39 is 0 Å². The summed E-state index contributed by atoms with van der Waals surface area (Å²) >= 11 is 5.79. The second-order valence-corrected chi connectivity index (χ2v) is 6.94. The van der Waals surface area contributed by atoms with Crippen LogP contribution in [0.4, 0.5) is 0 Å². The van der Waals surface area contributed by atoms with Gasteiger partial charge in [0, 0.05) is 17.9 Å². The molecule has 3 aromatic heterocycles. The molecule has 0 N–H and O–H groups in total. The number of hydrogen-bond donors (Lipinski definition) is 0. The summed E-state index contributed by atoms with van der Waals surface area (Å²) < 4.78 is 7.37. The fourth-order valence-corrected chi connectivity index (χ4v) is 3.23. The molecule has 0 bridgehead atoms. The van der Waals surface area contributed by atoms with Crippen molar-refractivity contribution in [3.8, 4) is 6.01 Å². The lowest BCUT2D eigenvalue weighted by Gasteiger charge is -2.31. The third kappa shape index (κ3) is 3.68. The molecule has 0 aromatic carbocycles. The summed E-state index contributed by atoms with van der Waals surface area (Å²) in [6, 6.07) is 2.15. The maximum atomic E-state index is 12.9. The molecule has 0 aliphatic carbocycles. The molecule has 10 heteroatoms. The predicted octanol–water partition coefficient (Wildman–Crippen LogP) is 1.87. The molecule has 4 heterocycles. The number of ether oxygens (including phenoxy) is 1. The van der Waals surface area contributed by atoms with E-state index in [0.717, 1.165) is 24.2 Å². The van der Waals surface area contributed by atoms with E-state index >= 15 is 0 Å². The van der Waals surface area contributed by atoms with Gasteiger partial charge >= 0.3 is 6.01 Å². The highest BCUT2D eigenvalue weighted by molar-refractivity contribution is 6.30. The van der Waals surface area contributed by atoms with Gasteiger partial charge in [0.05, 0.1) is 24.0 Å². The van der Waals surface area contributed by atoms with E-state index in [4.69, 9.17) is 16.3 Å². The normalized spacial score (nSPS) is 17.3. The molecule has 1 fully saturated rings. The topological polar surface area (TPSA) is 98.4 Å². The molecule has 4 rings (SSSR count). The number of rotatable bonds is 3. The highest BCUT2D eigenvalue weighted by atomic mass is 35.5. The van der Waals surface area contributed by atoms with Crippen LogP contribution in [-0.2, 0) is 0 Å². The van der Waals surface area contributed by atoms with Crippen LogP contribution in [0.1, 0.15) is 34.8 Å². The monoisotopic (exact) mass is 387 g/mol. The second kappa shape index (κ2) is 7.07. The second-order valence-electron chi connectivity index (χ2n) is 6.50. The molecular formula is C17H18ClN7O2. The van der Waals surface area contributed by atoms with Gasteiger partial charge in [-0.3, -0.25) is 4.79 Å². The van der Waals surface area contributed by atoms with E-state index in [2.05, 4.69) is 25.0 Å². The largest absolute Gasteiger partial charge is 0.458 e. The van der Waals surface area contributed by atoms with E-state index in [-0.39, 0.29) is 23.8 Å². The highest BCUT2D eigenvalue weighted by Gasteiger charge is 2.28. The smallest absolute Gasteiger partial charge is 0.316 e. The van der Waals surface area contributed by atoms with E-state index in [1.807, 2.05) is 19.9 Å². The molecule has 0 saturated carbocycles. The van der Waals surface area contributed by atoms with Gasteiger partial charge < -0.3 is 9.64 Å². The standard InChI is InChI=1S/C17H18ClN7O2/c1-10-6-11(2)25-16(21-10)22-14(23-25)15(26)24-5-3-4-13(9-24)27-17-19-7-12(18)8-20-17/h6-8,13H,3-5,9H2,1-2H3/t13-/m0/s1. The molecule has 27 heavy (non-hydrogen) atoms. The minimum atomic E-state index is -0.233. The van der Waals surface area contributed by atoms with Gasteiger partial charge in [-0.1, -0.05) is 11.6 Å². The summed E-state index contributed by atoms with van der Waals surface area (Å²) in [6.45, 7) is 4.84. The van der Waals surface area contributed by atoms with Crippen LogP contribution in [-0.4, -0.2) is 59.6 Å². The van der Waals surface area contributed by atoms with Gasteiger partial charge in [-0.05, 0) is 32.8 Å². The first-order valence-electron chi connectivity index (χ1n) is 8.64. The van der Waals surface area contributed by atoms with Crippen molar-refractivity contribution in [1.29, 1.82) is 0 Å². The number of halogens is 1. The van der Waals surface area contributed by atoms with Crippen molar-refractivity contribution in [3.63, 3.8) is 0 Å². The first kappa shape index (κ1) is 17.6. The minimum absolute atomic E-state index is 0.139. The molecule has 1 amide bonds. The first-order chi connectivity index (χ1) is 13.0. The van der Waals surface area contributed by atoms with Crippen LogP contribution >= 0.6 is 11.6 Å². The van der Waals surface area contributed by atoms with Crippen molar-refractivity contribution < 1.29 is 9.53 Å². The number of carbonyl (C=O) groups is 1. The lowest BCUT2D eigenvalue weighted by molar-refractivity contribution is 0.0505. The Morgan fingerprint density at radius 3 is 2.81 bits per heavy atom. The number of likely N-dealkylation sites (tertiary alicyclic amines) is 1. The van der Waals surface area contributed by atoms with E-state index in [0.29, 0.717) is 23.9 Å². The number of aryl methyl sites for hydroxylation is 2. The zero-order valence-corrected chi connectivity index (χ0v) is 15.7. The number of nitrogens with zero attached hydrogens (tertiary/aromatic N) is 7. The van der Waals surface area contributed by atoms with E-state index in [1.54, 1.807) is 9.42 Å². The lowest BCUT2D eigenvalue weighted by atomic mass is 10.1. The maximum absolute atomic E-state index is 12.9. The molecule has 1 saturated heterocycles.